The molecule has 0 spiro atoms. The number of fused-ring (bicyclic) bond motifs is 1. The highest BCUT2D eigenvalue weighted by Gasteiger charge is 2.16. The molecule has 0 atom stereocenters. The van der Waals surface area contributed by atoms with E-state index in [1.807, 2.05) is 0 Å². The second-order valence-electron chi connectivity index (χ2n) is 5.54. The summed E-state index contributed by atoms with van der Waals surface area (Å²) < 4.78 is 30.8. The SMILES string of the molecule is Cn1c(=O)oc2cc(NC(=O)CCS(=O)(=O)c3ccccc3)ccc21. The van der Waals surface area contributed by atoms with Crippen LogP contribution in [0.2, 0.25) is 0 Å². The molecule has 3 rings (SSSR count). The van der Waals surface area contributed by atoms with Gasteiger partial charge in [0, 0.05) is 25.2 Å². The molecule has 1 N–H and O–H groups in total. The third kappa shape index (κ3) is 3.63. The van der Waals surface area contributed by atoms with E-state index in [0.29, 0.717) is 16.8 Å². The molecule has 0 aliphatic carbocycles. The molecule has 0 aliphatic rings. The highest BCUT2D eigenvalue weighted by molar-refractivity contribution is 7.91. The Morgan fingerprint density at radius 1 is 1.16 bits per heavy atom. The van der Waals surface area contributed by atoms with Crippen molar-refractivity contribution in [3.63, 3.8) is 0 Å². The third-order valence-corrected chi connectivity index (χ3v) is 5.51. The molecule has 0 radical (unpaired) electrons. The summed E-state index contributed by atoms with van der Waals surface area (Å²) in [6.07, 6.45) is -0.173. The maximum atomic E-state index is 12.2. The van der Waals surface area contributed by atoms with Crippen LogP contribution in [0.25, 0.3) is 11.1 Å². The van der Waals surface area contributed by atoms with Crippen LogP contribution in [0.15, 0.2) is 62.6 Å². The minimum Gasteiger partial charge on any atom is -0.408 e. The van der Waals surface area contributed by atoms with Crippen LogP contribution in [-0.4, -0.2) is 24.6 Å². The predicted octanol–water partition coefficient (Wildman–Crippen LogP) is 1.93. The zero-order valence-electron chi connectivity index (χ0n) is 13.4. The molecule has 1 amide bonds. The van der Waals surface area contributed by atoms with E-state index in [4.69, 9.17) is 4.42 Å². The van der Waals surface area contributed by atoms with Gasteiger partial charge in [-0.2, -0.15) is 0 Å². The maximum Gasteiger partial charge on any atom is 0.419 e. The van der Waals surface area contributed by atoms with Gasteiger partial charge in [-0.3, -0.25) is 9.36 Å². The largest absolute Gasteiger partial charge is 0.419 e. The Hall–Kier alpha value is -2.87. The fourth-order valence-electron chi connectivity index (χ4n) is 2.41. The van der Waals surface area contributed by atoms with Gasteiger partial charge < -0.3 is 9.73 Å². The number of anilines is 1. The lowest BCUT2D eigenvalue weighted by Crippen LogP contribution is -2.17. The van der Waals surface area contributed by atoms with E-state index in [9.17, 15) is 18.0 Å². The predicted molar refractivity (Wildman–Crippen MR) is 93.2 cm³/mol. The number of nitrogens with one attached hydrogen (secondary N) is 1. The first-order valence-electron chi connectivity index (χ1n) is 7.54. The number of nitrogens with zero attached hydrogens (tertiary/aromatic N) is 1. The highest BCUT2D eigenvalue weighted by Crippen LogP contribution is 2.18. The number of carbonyl (C=O) groups is 1. The molecular weight excluding hydrogens is 344 g/mol. The molecule has 0 bridgehead atoms. The Morgan fingerprint density at radius 2 is 1.88 bits per heavy atom. The minimum atomic E-state index is -3.51. The van der Waals surface area contributed by atoms with Gasteiger partial charge in [0.25, 0.3) is 0 Å². The van der Waals surface area contributed by atoms with E-state index in [0.717, 1.165) is 0 Å². The lowest BCUT2D eigenvalue weighted by Gasteiger charge is -2.06. The molecule has 1 aromatic heterocycles. The van der Waals surface area contributed by atoms with Crippen molar-refractivity contribution in [1.82, 2.24) is 4.57 Å². The van der Waals surface area contributed by atoms with Gasteiger partial charge >= 0.3 is 5.76 Å². The van der Waals surface area contributed by atoms with E-state index in [1.165, 1.54) is 22.8 Å². The van der Waals surface area contributed by atoms with E-state index >= 15 is 0 Å². The molecule has 0 aliphatic heterocycles. The molecule has 3 aromatic rings. The summed E-state index contributed by atoms with van der Waals surface area (Å²) in [6.45, 7) is 0. The van der Waals surface area contributed by atoms with Gasteiger partial charge in [-0.05, 0) is 24.3 Å². The molecule has 7 nitrogen and oxygen atoms in total. The summed E-state index contributed by atoms with van der Waals surface area (Å²) >= 11 is 0. The lowest BCUT2D eigenvalue weighted by molar-refractivity contribution is -0.115. The van der Waals surface area contributed by atoms with Crippen molar-refractivity contribution < 1.29 is 17.6 Å². The van der Waals surface area contributed by atoms with Crippen LogP contribution in [0.1, 0.15) is 6.42 Å². The zero-order valence-corrected chi connectivity index (χ0v) is 14.2. The maximum absolute atomic E-state index is 12.2. The average Bonchev–Trinajstić information content (AvgIpc) is 2.88. The van der Waals surface area contributed by atoms with Gasteiger partial charge in [0.05, 0.1) is 16.2 Å². The first kappa shape index (κ1) is 17.0. The number of amides is 1. The number of carbonyl (C=O) groups excluding carboxylic acids is 1. The van der Waals surface area contributed by atoms with Crippen molar-refractivity contribution in [3.8, 4) is 0 Å². The van der Waals surface area contributed by atoms with Gasteiger partial charge in [0.1, 0.15) is 0 Å². The molecule has 130 valence electrons. The number of sulfone groups is 1. The number of oxazole rings is 1. The summed E-state index contributed by atoms with van der Waals surface area (Å²) in [5.74, 6) is -1.21. The second-order valence-corrected chi connectivity index (χ2v) is 7.65. The van der Waals surface area contributed by atoms with Crippen LogP contribution in [0.3, 0.4) is 0 Å². The van der Waals surface area contributed by atoms with Crippen LogP contribution < -0.4 is 11.1 Å². The Balaban J connectivity index is 1.68. The first-order chi connectivity index (χ1) is 11.9. The molecule has 0 saturated carbocycles. The van der Waals surface area contributed by atoms with Crippen LogP contribution in [0, 0.1) is 0 Å². The normalized spacial score (nSPS) is 11.6. The number of rotatable bonds is 5. The highest BCUT2D eigenvalue weighted by atomic mass is 32.2. The molecule has 8 heteroatoms. The van der Waals surface area contributed by atoms with Gasteiger partial charge in [0.2, 0.25) is 5.91 Å². The van der Waals surface area contributed by atoms with Crippen LogP contribution in [0.4, 0.5) is 5.69 Å². The van der Waals surface area contributed by atoms with Gasteiger partial charge in [0.15, 0.2) is 15.4 Å². The fourth-order valence-corrected chi connectivity index (χ4v) is 3.67. The Labute approximate surface area is 143 Å². The van der Waals surface area contributed by atoms with Crippen molar-refractivity contribution in [2.45, 2.75) is 11.3 Å². The lowest BCUT2D eigenvalue weighted by atomic mass is 10.2. The number of aromatic nitrogens is 1. The Kier molecular flexibility index (Phi) is 4.45. The molecule has 2 aromatic carbocycles. The van der Waals surface area contributed by atoms with Crippen LogP contribution in [0.5, 0.6) is 0 Å². The standard InChI is InChI=1S/C17H16N2O5S/c1-19-14-8-7-12(11-15(14)24-17(19)21)18-16(20)9-10-25(22,23)13-5-3-2-4-6-13/h2-8,11H,9-10H2,1H3,(H,18,20). The second kappa shape index (κ2) is 6.56. The van der Waals surface area contributed by atoms with Crippen LogP contribution in [-0.2, 0) is 21.7 Å². The number of hydrogen-bond acceptors (Lipinski definition) is 5. The summed E-state index contributed by atoms with van der Waals surface area (Å²) in [5.41, 5.74) is 1.39. The van der Waals surface area contributed by atoms with Crippen molar-refractivity contribution >= 4 is 32.5 Å². The molecular formula is C17H16N2O5S. The van der Waals surface area contributed by atoms with Gasteiger partial charge in [-0.1, -0.05) is 18.2 Å². The Morgan fingerprint density at radius 3 is 2.60 bits per heavy atom. The van der Waals surface area contributed by atoms with E-state index < -0.39 is 21.5 Å². The van der Waals surface area contributed by atoms with Crippen molar-refractivity contribution in [2.24, 2.45) is 7.05 Å². The smallest absolute Gasteiger partial charge is 0.408 e. The van der Waals surface area contributed by atoms with Crippen molar-refractivity contribution in [3.05, 3.63) is 59.1 Å². The van der Waals surface area contributed by atoms with Crippen LogP contribution >= 0.6 is 0 Å². The van der Waals surface area contributed by atoms with Crippen molar-refractivity contribution in [1.29, 1.82) is 0 Å². The number of benzene rings is 2. The average molecular weight is 360 g/mol. The molecule has 0 fully saturated rings. The van der Waals surface area contributed by atoms with Gasteiger partial charge in [-0.25, -0.2) is 13.2 Å². The summed E-state index contributed by atoms with van der Waals surface area (Å²) in [5, 5.41) is 2.61. The van der Waals surface area contributed by atoms with E-state index in [1.54, 1.807) is 37.4 Å². The number of aryl methyl sites for hydroxylation is 1. The zero-order chi connectivity index (χ0) is 18.0. The third-order valence-electron chi connectivity index (χ3n) is 3.78. The molecule has 0 saturated heterocycles. The molecule has 0 unspecified atom stereocenters. The summed E-state index contributed by atoms with van der Waals surface area (Å²) in [7, 11) is -1.92. The first-order valence-corrected chi connectivity index (χ1v) is 9.19. The topological polar surface area (TPSA) is 98.4 Å². The molecule has 1 heterocycles. The monoisotopic (exact) mass is 360 g/mol. The fraction of sp³-hybridized carbons (Fsp3) is 0.176. The summed E-state index contributed by atoms with van der Waals surface area (Å²) in [6, 6.07) is 12.8. The Bertz CT molecular complexity index is 1080. The number of hydrogen-bond donors (Lipinski definition) is 1. The van der Waals surface area contributed by atoms with Gasteiger partial charge in [-0.15, -0.1) is 0 Å². The van der Waals surface area contributed by atoms with E-state index in [-0.39, 0.29) is 17.1 Å². The quantitative estimate of drug-likeness (QED) is 0.750. The van der Waals surface area contributed by atoms with Crippen molar-refractivity contribution in [2.75, 3.05) is 11.1 Å². The summed E-state index contributed by atoms with van der Waals surface area (Å²) in [4.78, 5) is 23.7. The minimum absolute atomic E-state index is 0.173. The van der Waals surface area contributed by atoms with E-state index in [2.05, 4.69) is 5.32 Å². The molecule has 25 heavy (non-hydrogen) atoms.